The van der Waals surface area contributed by atoms with Crippen LogP contribution in [0.4, 0.5) is 0 Å². The zero-order valence-corrected chi connectivity index (χ0v) is 19.4. The van der Waals surface area contributed by atoms with Crippen LogP contribution in [-0.2, 0) is 6.54 Å². The van der Waals surface area contributed by atoms with E-state index in [1.807, 2.05) is 35.2 Å². The number of piperidine rings is 1. The number of hydrogen-bond donors (Lipinski definition) is 2. The number of nitrogens with zero attached hydrogens (tertiary/aromatic N) is 2. The molecular weight excluding hydrogens is 444 g/mol. The van der Waals surface area contributed by atoms with Crippen LogP contribution in [0.2, 0.25) is 0 Å². The fourth-order valence-electron chi connectivity index (χ4n) is 5.89. The summed E-state index contributed by atoms with van der Waals surface area (Å²) in [4.78, 5) is 17.5. The van der Waals surface area contributed by atoms with Gasteiger partial charge in [0.2, 0.25) is 6.79 Å². The first-order valence-electron chi connectivity index (χ1n) is 12.0. The first-order valence-corrected chi connectivity index (χ1v) is 12.0. The third-order valence-electron chi connectivity index (χ3n) is 7.70. The van der Waals surface area contributed by atoms with Gasteiger partial charge in [0.1, 0.15) is 11.5 Å². The highest BCUT2D eigenvalue weighted by atomic mass is 16.7. The summed E-state index contributed by atoms with van der Waals surface area (Å²) in [6, 6.07) is 20.4. The van der Waals surface area contributed by atoms with Gasteiger partial charge < -0.3 is 24.6 Å². The number of amides is 1. The molecule has 3 aliphatic rings. The topological polar surface area (TPSA) is 82.5 Å². The molecule has 0 radical (unpaired) electrons. The molecule has 3 aliphatic heterocycles. The number of aromatic hydroxyl groups is 2. The number of likely N-dealkylation sites (tertiary alicyclic amines) is 2. The number of carbonyl (C=O) groups excluding carboxylic acids is 1. The summed E-state index contributed by atoms with van der Waals surface area (Å²) < 4.78 is 10.8. The van der Waals surface area contributed by atoms with Crippen LogP contribution < -0.4 is 9.47 Å². The SMILES string of the molecule is O=C(c1ccc2c(c1)OCO2)N1CCC2(CC1)CN(Cc1ccccc1O)C2c1ccc(O)cc1. The van der Waals surface area contributed by atoms with Gasteiger partial charge in [-0.25, -0.2) is 0 Å². The molecule has 7 heteroatoms. The first-order chi connectivity index (χ1) is 17.0. The number of ether oxygens (including phenoxy) is 2. The fraction of sp³-hybridized carbons (Fsp3) is 0.321. The number of phenols is 2. The second-order valence-corrected chi connectivity index (χ2v) is 9.75. The van der Waals surface area contributed by atoms with Gasteiger partial charge in [0.25, 0.3) is 5.91 Å². The number of hydrogen-bond acceptors (Lipinski definition) is 6. The largest absolute Gasteiger partial charge is 0.508 e. The van der Waals surface area contributed by atoms with E-state index in [4.69, 9.17) is 9.47 Å². The molecule has 7 nitrogen and oxygen atoms in total. The summed E-state index contributed by atoms with van der Waals surface area (Å²) in [5.74, 6) is 1.87. The molecule has 3 heterocycles. The van der Waals surface area contributed by atoms with Gasteiger partial charge in [-0.3, -0.25) is 9.69 Å². The van der Waals surface area contributed by atoms with E-state index in [2.05, 4.69) is 4.90 Å². The zero-order valence-electron chi connectivity index (χ0n) is 19.4. The molecule has 180 valence electrons. The van der Waals surface area contributed by atoms with Crippen LogP contribution in [0.25, 0.3) is 0 Å². The van der Waals surface area contributed by atoms with Crippen molar-refractivity contribution in [2.24, 2.45) is 5.41 Å². The number of carbonyl (C=O) groups is 1. The lowest BCUT2D eigenvalue weighted by Gasteiger charge is -2.61. The Hall–Kier alpha value is -3.71. The Kier molecular flexibility index (Phi) is 5.29. The molecule has 35 heavy (non-hydrogen) atoms. The van der Waals surface area contributed by atoms with Crippen molar-refractivity contribution < 1.29 is 24.5 Å². The van der Waals surface area contributed by atoms with Gasteiger partial charge in [0.15, 0.2) is 11.5 Å². The van der Waals surface area contributed by atoms with E-state index >= 15 is 0 Å². The third-order valence-corrected chi connectivity index (χ3v) is 7.70. The lowest BCUT2D eigenvalue weighted by molar-refractivity contribution is -0.113. The van der Waals surface area contributed by atoms with Gasteiger partial charge in [-0.05, 0) is 54.8 Å². The van der Waals surface area contributed by atoms with Gasteiger partial charge in [0, 0.05) is 48.8 Å². The Bertz CT molecular complexity index is 1250. The molecule has 2 saturated heterocycles. The van der Waals surface area contributed by atoms with Crippen LogP contribution >= 0.6 is 0 Å². The van der Waals surface area contributed by atoms with Crippen molar-refractivity contribution in [3.8, 4) is 23.0 Å². The summed E-state index contributed by atoms with van der Waals surface area (Å²) in [5, 5.41) is 20.1. The Balaban J connectivity index is 1.20. The highest BCUT2D eigenvalue weighted by molar-refractivity contribution is 5.95. The number of fused-ring (bicyclic) bond motifs is 1. The number of rotatable bonds is 4. The summed E-state index contributed by atoms with van der Waals surface area (Å²) >= 11 is 0. The van der Waals surface area contributed by atoms with E-state index in [-0.39, 0.29) is 29.9 Å². The molecule has 6 rings (SSSR count). The molecule has 1 atom stereocenters. The Labute approximate surface area is 204 Å². The maximum absolute atomic E-state index is 13.2. The minimum absolute atomic E-state index is 0.0183. The van der Waals surface area contributed by atoms with Crippen molar-refractivity contribution >= 4 is 5.91 Å². The van der Waals surface area contributed by atoms with Gasteiger partial charge >= 0.3 is 0 Å². The highest BCUT2D eigenvalue weighted by Gasteiger charge is 2.54. The molecule has 0 aliphatic carbocycles. The van der Waals surface area contributed by atoms with Crippen molar-refractivity contribution in [2.75, 3.05) is 26.4 Å². The predicted molar refractivity (Wildman–Crippen MR) is 130 cm³/mol. The van der Waals surface area contributed by atoms with Crippen LogP contribution in [0.5, 0.6) is 23.0 Å². The smallest absolute Gasteiger partial charge is 0.253 e. The highest BCUT2D eigenvalue weighted by Crippen LogP contribution is 2.56. The van der Waals surface area contributed by atoms with E-state index in [0.29, 0.717) is 42.4 Å². The molecule has 1 unspecified atom stereocenters. The van der Waals surface area contributed by atoms with Crippen LogP contribution in [0.15, 0.2) is 66.7 Å². The van der Waals surface area contributed by atoms with Crippen molar-refractivity contribution in [2.45, 2.75) is 25.4 Å². The van der Waals surface area contributed by atoms with Crippen molar-refractivity contribution in [1.29, 1.82) is 0 Å². The summed E-state index contributed by atoms with van der Waals surface area (Å²) in [6.07, 6.45) is 1.79. The van der Waals surface area contributed by atoms with E-state index in [0.717, 1.165) is 30.5 Å². The maximum Gasteiger partial charge on any atom is 0.253 e. The van der Waals surface area contributed by atoms with E-state index in [1.54, 1.807) is 36.4 Å². The molecule has 2 N–H and O–H groups in total. The molecule has 3 aromatic carbocycles. The molecule has 0 bridgehead atoms. The second-order valence-electron chi connectivity index (χ2n) is 9.75. The standard InChI is InChI=1S/C28H28N2O5/c31-22-8-5-19(6-9-22)26-28(17-30(26)16-21-3-1-2-4-23(21)32)11-13-29(14-12-28)27(33)20-7-10-24-25(15-20)35-18-34-24/h1-10,15,26,31-32H,11-14,16-18H2. The van der Waals surface area contributed by atoms with Crippen LogP contribution in [0.3, 0.4) is 0 Å². The minimum Gasteiger partial charge on any atom is -0.508 e. The van der Waals surface area contributed by atoms with E-state index < -0.39 is 0 Å². The lowest BCUT2D eigenvalue weighted by atomic mass is 9.63. The van der Waals surface area contributed by atoms with Crippen molar-refractivity contribution in [3.05, 3.63) is 83.4 Å². The molecule has 0 aromatic heterocycles. The number of benzene rings is 3. The van der Waals surface area contributed by atoms with Gasteiger partial charge in [-0.15, -0.1) is 0 Å². The molecule has 1 spiro atoms. The average Bonchev–Trinajstić information content (AvgIpc) is 3.34. The molecule has 0 saturated carbocycles. The molecule has 1 amide bonds. The van der Waals surface area contributed by atoms with Crippen LogP contribution in [-0.4, -0.2) is 52.3 Å². The summed E-state index contributed by atoms with van der Waals surface area (Å²) in [5.41, 5.74) is 2.73. The summed E-state index contributed by atoms with van der Waals surface area (Å²) in [7, 11) is 0. The minimum atomic E-state index is 0.0183. The lowest BCUT2D eigenvalue weighted by Crippen LogP contribution is -2.62. The van der Waals surface area contributed by atoms with Crippen molar-refractivity contribution in [3.63, 3.8) is 0 Å². The molecule has 3 aromatic rings. The quantitative estimate of drug-likeness (QED) is 0.589. The van der Waals surface area contributed by atoms with Gasteiger partial charge in [-0.1, -0.05) is 30.3 Å². The number of para-hydroxylation sites is 1. The third kappa shape index (κ3) is 3.86. The van der Waals surface area contributed by atoms with E-state index in [1.165, 1.54) is 0 Å². The van der Waals surface area contributed by atoms with Crippen molar-refractivity contribution in [1.82, 2.24) is 9.80 Å². The average molecular weight is 473 g/mol. The zero-order chi connectivity index (χ0) is 24.0. The number of phenolic OH excluding ortho intramolecular Hbond substituents is 2. The molecule has 2 fully saturated rings. The predicted octanol–water partition coefficient (Wildman–Crippen LogP) is 4.31. The van der Waals surface area contributed by atoms with Gasteiger partial charge in [-0.2, -0.15) is 0 Å². The Morgan fingerprint density at radius 1 is 0.943 bits per heavy atom. The Morgan fingerprint density at radius 2 is 1.69 bits per heavy atom. The van der Waals surface area contributed by atoms with Crippen LogP contribution in [0.1, 0.15) is 40.4 Å². The first kappa shape index (κ1) is 21.8. The monoisotopic (exact) mass is 472 g/mol. The van der Waals surface area contributed by atoms with Gasteiger partial charge in [0.05, 0.1) is 0 Å². The van der Waals surface area contributed by atoms with Crippen LogP contribution in [0, 0.1) is 5.41 Å². The second kappa shape index (κ2) is 8.50. The maximum atomic E-state index is 13.2. The summed E-state index contributed by atoms with van der Waals surface area (Å²) in [6.45, 7) is 3.12. The fourth-order valence-corrected chi connectivity index (χ4v) is 5.89. The normalized spacial score (nSPS) is 20.6. The molecular formula is C28H28N2O5. The van der Waals surface area contributed by atoms with E-state index in [9.17, 15) is 15.0 Å². The Morgan fingerprint density at radius 3 is 2.46 bits per heavy atom.